The van der Waals surface area contributed by atoms with Gasteiger partial charge in [-0.1, -0.05) is 38.1 Å². The van der Waals surface area contributed by atoms with Gasteiger partial charge >= 0.3 is 0 Å². The van der Waals surface area contributed by atoms with Gasteiger partial charge in [0.1, 0.15) is 0 Å². The number of para-hydroxylation sites is 1. The minimum Gasteiger partial charge on any atom is -0.324 e. The van der Waals surface area contributed by atoms with Crippen molar-refractivity contribution in [2.45, 2.75) is 39.7 Å². The van der Waals surface area contributed by atoms with Gasteiger partial charge in [-0.05, 0) is 48.6 Å². The quantitative estimate of drug-likeness (QED) is 0.797. The molecule has 0 saturated carbocycles. The Morgan fingerprint density at radius 1 is 1.08 bits per heavy atom. The van der Waals surface area contributed by atoms with Crippen LogP contribution in [0.1, 0.15) is 49.4 Å². The van der Waals surface area contributed by atoms with Crippen molar-refractivity contribution in [3.8, 4) is 0 Å². The van der Waals surface area contributed by atoms with Crippen LogP contribution in [0.4, 0.5) is 14.5 Å². The first-order chi connectivity index (χ1) is 11.8. The van der Waals surface area contributed by atoms with Gasteiger partial charge in [0.05, 0.1) is 6.54 Å². The summed E-state index contributed by atoms with van der Waals surface area (Å²) in [7, 11) is 0. The molecule has 134 valence electrons. The molecule has 1 atom stereocenters. The molecule has 0 fully saturated rings. The standard InChI is InChI=1S/C20H24F2N2O/c1-12(2)16-7-5-6-13(3)20(16)24-19(25)11-23-14(4)15-8-9-17(21)18(22)10-15/h5-10,12,14,23H,11H2,1-4H3,(H,24,25)/t14-/m0/s1. The highest BCUT2D eigenvalue weighted by Crippen LogP contribution is 2.27. The van der Waals surface area contributed by atoms with Crippen molar-refractivity contribution in [1.82, 2.24) is 5.32 Å². The fourth-order valence-electron chi connectivity index (χ4n) is 2.67. The first-order valence-corrected chi connectivity index (χ1v) is 8.37. The van der Waals surface area contributed by atoms with Crippen molar-refractivity contribution < 1.29 is 13.6 Å². The minimum absolute atomic E-state index is 0.0754. The molecule has 0 saturated heterocycles. The first kappa shape index (κ1) is 19.1. The van der Waals surface area contributed by atoms with Crippen LogP contribution in [0.5, 0.6) is 0 Å². The highest BCUT2D eigenvalue weighted by molar-refractivity contribution is 5.94. The van der Waals surface area contributed by atoms with E-state index in [1.54, 1.807) is 6.92 Å². The van der Waals surface area contributed by atoms with E-state index >= 15 is 0 Å². The number of hydrogen-bond acceptors (Lipinski definition) is 2. The molecule has 2 N–H and O–H groups in total. The third kappa shape index (κ3) is 4.86. The zero-order chi connectivity index (χ0) is 18.6. The molecule has 5 heteroatoms. The van der Waals surface area contributed by atoms with Gasteiger partial charge in [0.25, 0.3) is 0 Å². The summed E-state index contributed by atoms with van der Waals surface area (Å²) in [5, 5.41) is 5.98. The smallest absolute Gasteiger partial charge is 0.238 e. The Labute approximate surface area is 147 Å². The van der Waals surface area contributed by atoms with E-state index in [9.17, 15) is 13.6 Å². The van der Waals surface area contributed by atoms with Crippen LogP contribution in [0.25, 0.3) is 0 Å². The molecule has 0 radical (unpaired) electrons. The number of hydrogen-bond donors (Lipinski definition) is 2. The lowest BCUT2D eigenvalue weighted by atomic mass is 9.98. The Kier molecular flexibility index (Phi) is 6.26. The molecule has 0 aliphatic carbocycles. The van der Waals surface area contributed by atoms with E-state index in [0.717, 1.165) is 28.9 Å². The number of anilines is 1. The average molecular weight is 346 g/mol. The van der Waals surface area contributed by atoms with E-state index < -0.39 is 11.6 Å². The van der Waals surface area contributed by atoms with Crippen molar-refractivity contribution in [2.24, 2.45) is 0 Å². The Morgan fingerprint density at radius 2 is 1.80 bits per heavy atom. The normalized spacial score (nSPS) is 12.3. The number of rotatable bonds is 6. The highest BCUT2D eigenvalue weighted by atomic mass is 19.2. The van der Waals surface area contributed by atoms with Crippen LogP contribution in [-0.2, 0) is 4.79 Å². The van der Waals surface area contributed by atoms with E-state index in [-0.39, 0.29) is 18.5 Å². The Bertz CT molecular complexity index is 759. The average Bonchev–Trinajstić information content (AvgIpc) is 2.56. The highest BCUT2D eigenvalue weighted by Gasteiger charge is 2.14. The molecule has 25 heavy (non-hydrogen) atoms. The number of amides is 1. The van der Waals surface area contributed by atoms with Crippen LogP contribution in [-0.4, -0.2) is 12.5 Å². The number of aryl methyl sites for hydroxylation is 1. The number of carbonyl (C=O) groups excluding carboxylic acids is 1. The zero-order valence-electron chi connectivity index (χ0n) is 15.0. The molecule has 2 aromatic carbocycles. The van der Waals surface area contributed by atoms with Crippen molar-refractivity contribution in [3.05, 3.63) is 64.7 Å². The summed E-state index contributed by atoms with van der Waals surface area (Å²) >= 11 is 0. The van der Waals surface area contributed by atoms with Gasteiger partial charge in [0, 0.05) is 11.7 Å². The SMILES string of the molecule is Cc1cccc(C(C)C)c1NC(=O)CN[C@@H](C)c1ccc(F)c(F)c1. The maximum atomic E-state index is 13.3. The van der Waals surface area contributed by atoms with E-state index in [1.807, 2.05) is 25.1 Å². The largest absolute Gasteiger partial charge is 0.324 e. The maximum absolute atomic E-state index is 13.3. The zero-order valence-corrected chi connectivity index (χ0v) is 15.0. The fraction of sp³-hybridized carbons (Fsp3) is 0.350. The fourth-order valence-corrected chi connectivity index (χ4v) is 2.67. The molecule has 0 bridgehead atoms. The van der Waals surface area contributed by atoms with Gasteiger partial charge in [0.2, 0.25) is 5.91 Å². The molecule has 0 heterocycles. The predicted molar refractivity (Wildman–Crippen MR) is 96.7 cm³/mol. The molecule has 0 aromatic heterocycles. The molecule has 2 aromatic rings. The van der Waals surface area contributed by atoms with Gasteiger partial charge in [-0.3, -0.25) is 4.79 Å². The maximum Gasteiger partial charge on any atom is 0.238 e. The minimum atomic E-state index is -0.892. The number of benzene rings is 2. The van der Waals surface area contributed by atoms with E-state index in [0.29, 0.717) is 11.5 Å². The van der Waals surface area contributed by atoms with Crippen molar-refractivity contribution in [3.63, 3.8) is 0 Å². The lowest BCUT2D eigenvalue weighted by Gasteiger charge is -2.18. The molecule has 0 spiro atoms. The Balaban J connectivity index is 2.00. The van der Waals surface area contributed by atoms with E-state index in [1.165, 1.54) is 6.07 Å². The van der Waals surface area contributed by atoms with Crippen molar-refractivity contribution in [2.75, 3.05) is 11.9 Å². The lowest BCUT2D eigenvalue weighted by Crippen LogP contribution is -2.30. The Hall–Kier alpha value is -2.27. The number of halogens is 2. The molecule has 0 aliphatic heterocycles. The van der Waals surface area contributed by atoms with Crippen LogP contribution in [0.15, 0.2) is 36.4 Å². The summed E-state index contributed by atoms with van der Waals surface area (Å²) in [6.07, 6.45) is 0. The van der Waals surface area contributed by atoms with Crippen LogP contribution < -0.4 is 10.6 Å². The number of carbonyl (C=O) groups is 1. The lowest BCUT2D eigenvalue weighted by molar-refractivity contribution is -0.115. The molecule has 3 nitrogen and oxygen atoms in total. The summed E-state index contributed by atoms with van der Waals surface area (Å²) in [5.41, 5.74) is 3.52. The van der Waals surface area contributed by atoms with Gasteiger partial charge in [-0.15, -0.1) is 0 Å². The van der Waals surface area contributed by atoms with Crippen LogP contribution in [0, 0.1) is 18.6 Å². The molecule has 0 aliphatic rings. The summed E-state index contributed by atoms with van der Waals surface area (Å²) in [5.74, 6) is -1.65. The summed E-state index contributed by atoms with van der Waals surface area (Å²) in [6, 6.07) is 9.40. The third-order valence-electron chi connectivity index (χ3n) is 4.20. The monoisotopic (exact) mass is 346 g/mol. The predicted octanol–water partition coefficient (Wildman–Crippen LogP) is 4.69. The topological polar surface area (TPSA) is 41.1 Å². The van der Waals surface area contributed by atoms with Gasteiger partial charge in [-0.25, -0.2) is 8.78 Å². The molecular formula is C20H24F2N2O. The van der Waals surface area contributed by atoms with Crippen LogP contribution in [0.2, 0.25) is 0 Å². The molecule has 1 amide bonds. The summed E-state index contributed by atoms with van der Waals surface area (Å²) in [4.78, 5) is 12.3. The van der Waals surface area contributed by atoms with Gasteiger partial charge in [0.15, 0.2) is 11.6 Å². The van der Waals surface area contributed by atoms with Crippen molar-refractivity contribution in [1.29, 1.82) is 0 Å². The van der Waals surface area contributed by atoms with Gasteiger partial charge < -0.3 is 10.6 Å². The summed E-state index contributed by atoms with van der Waals surface area (Å²) < 4.78 is 26.3. The second-order valence-corrected chi connectivity index (χ2v) is 6.52. The second kappa shape index (κ2) is 8.21. The molecule has 0 unspecified atom stereocenters. The van der Waals surface area contributed by atoms with E-state index in [2.05, 4.69) is 24.5 Å². The van der Waals surface area contributed by atoms with Crippen LogP contribution in [0.3, 0.4) is 0 Å². The second-order valence-electron chi connectivity index (χ2n) is 6.52. The van der Waals surface area contributed by atoms with Crippen molar-refractivity contribution >= 4 is 11.6 Å². The number of nitrogens with one attached hydrogen (secondary N) is 2. The third-order valence-corrected chi connectivity index (χ3v) is 4.20. The summed E-state index contributed by atoms with van der Waals surface area (Å²) in [6.45, 7) is 7.99. The first-order valence-electron chi connectivity index (χ1n) is 8.37. The van der Waals surface area contributed by atoms with E-state index in [4.69, 9.17) is 0 Å². The van der Waals surface area contributed by atoms with Crippen LogP contribution >= 0.6 is 0 Å². The molecule has 2 rings (SSSR count). The molecular weight excluding hydrogens is 322 g/mol. The van der Waals surface area contributed by atoms with Gasteiger partial charge in [-0.2, -0.15) is 0 Å². The Morgan fingerprint density at radius 3 is 2.44 bits per heavy atom.